The fourth-order valence-corrected chi connectivity index (χ4v) is 3.19. The van der Waals surface area contributed by atoms with Gasteiger partial charge in [0.1, 0.15) is 11.3 Å². The highest BCUT2D eigenvalue weighted by Gasteiger charge is 2.20. The fraction of sp³-hybridized carbons (Fsp3) is 0.571. The van der Waals surface area contributed by atoms with Gasteiger partial charge in [0.2, 0.25) is 0 Å². The lowest BCUT2D eigenvalue weighted by atomic mass is 9.97. The van der Waals surface area contributed by atoms with Crippen molar-refractivity contribution in [2.45, 2.75) is 25.3 Å². The maximum absolute atomic E-state index is 6.03. The molecule has 0 amide bonds. The lowest BCUT2D eigenvalue weighted by Crippen LogP contribution is -2.32. The van der Waals surface area contributed by atoms with E-state index in [0.717, 1.165) is 36.6 Å². The van der Waals surface area contributed by atoms with Gasteiger partial charge in [-0.15, -0.1) is 11.6 Å². The fourth-order valence-electron chi connectivity index (χ4n) is 2.83. The van der Waals surface area contributed by atoms with Crippen LogP contribution in [-0.2, 0) is 12.4 Å². The molecule has 1 saturated heterocycles. The van der Waals surface area contributed by atoms with Crippen LogP contribution in [0.4, 0.5) is 0 Å². The third-order valence-corrected chi connectivity index (χ3v) is 4.47. The number of imidazole rings is 1. The van der Waals surface area contributed by atoms with E-state index in [9.17, 15) is 0 Å². The van der Waals surface area contributed by atoms with Gasteiger partial charge in [0.25, 0.3) is 0 Å². The molecule has 20 heavy (non-hydrogen) atoms. The van der Waals surface area contributed by atoms with Crippen LogP contribution in [0.25, 0.3) is 11.2 Å². The van der Waals surface area contributed by atoms with Crippen molar-refractivity contribution < 1.29 is 0 Å². The topological polar surface area (TPSA) is 34.0 Å². The first kappa shape index (κ1) is 14.1. The van der Waals surface area contributed by atoms with Crippen LogP contribution in [0.1, 0.15) is 18.7 Å². The van der Waals surface area contributed by atoms with Gasteiger partial charge in [0.05, 0.1) is 10.9 Å². The average Bonchev–Trinajstić information content (AvgIpc) is 2.78. The zero-order chi connectivity index (χ0) is 14.1. The Kier molecular flexibility index (Phi) is 4.15. The van der Waals surface area contributed by atoms with Crippen LogP contribution in [-0.4, -0.2) is 39.6 Å². The Balaban J connectivity index is 1.89. The Labute approximate surface area is 128 Å². The second kappa shape index (κ2) is 5.88. The SMILES string of the molecule is CN1CCC(Cn2c(CCl)nc3cc(Cl)cnc32)CC1. The monoisotopic (exact) mass is 312 g/mol. The van der Waals surface area contributed by atoms with Crippen LogP contribution < -0.4 is 0 Å². The number of alkyl halides is 1. The van der Waals surface area contributed by atoms with Gasteiger partial charge in [-0.2, -0.15) is 0 Å². The maximum Gasteiger partial charge on any atom is 0.160 e. The molecule has 108 valence electrons. The van der Waals surface area contributed by atoms with Crippen LogP contribution in [0.2, 0.25) is 5.02 Å². The summed E-state index contributed by atoms with van der Waals surface area (Å²) in [5.41, 5.74) is 1.73. The molecule has 1 fully saturated rings. The largest absolute Gasteiger partial charge is 0.311 e. The van der Waals surface area contributed by atoms with Crippen molar-refractivity contribution in [1.29, 1.82) is 0 Å². The van der Waals surface area contributed by atoms with Crippen LogP contribution in [0.3, 0.4) is 0 Å². The van der Waals surface area contributed by atoms with Gasteiger partial charge in [-0.05, 0) is 45.0 Å². The Morgan fingerprint density at radius 2 is 2.10 bits per heavy atom. The van der Waals surface area contributed by atoms with Gasteiger partial charge < -0.3 is 9.47 Å². The highest BCUT2D eigenvalue weighted by molar-refractivity contribution is 6.31. The first-order chi connectivity index (χ1) is 9.67. The van der Waals surface area contributed by atoms with Gasteiger partial charge in [-0.25, -0.2) is 9.97 Å². The summed E-state index contributed by atoms with van der Waals surface area (Å²) >= 11 is 12.0. The van der Waals surface area contributed by atoms with E-state index in [1.54, 1.807) is 6.20 Å². The van der Waals surface area contributed by atoms with Crippen molar-refractivity contribution in [3.63, 3.8) is 0 Å². The summed E-state index contributed by atoms with van der Waals surface area (Å²) in [6, 6.07) is 1.85. The van der Waals surface area contributed by atoms with E-state index in [2.05, 4.69) is 26.5 Å². The summed E-state index contributed by atoms with van der Waals surface area (Å²) in [6.45, 7) is 3.26. The number of rotatable bonds is 3. The number of halogens is 2. The molecular weight excluding hydrogens is 295 g/mol. The van der Waals surface area contributed by atoms with Crippen molar-refractivity contribution >= 4 is 34.4 Å². The number of hydrogen-bond donors (Lipinski definition) is 0. The van der Waals surface area contributed by atoms with Crippen LogP contribution in [0.5, 0.6) is 0 Å². The molecule has 0 aliphatic carbocycles. The molecule has 2 aromatic heterocycles. The number of hydrogen-bond acceptors (Lipinski definition) is 3. The molecule has 1 aliphatic rings. The molecular formula is C14H18Cl2N4. The van der Waals surface area contributed by atoms with Gasteiger partial charge in [0, 0.05) is 12.7 Å². The molecule has 0 unspecified atom stereocenters. The van der Waals surface area contributed by atoms with Crippen molar-refractivity contribution in [3.05, 3.63) is 23.1 Å². The molecule has 0 N–H and O–H groups in total. The van der Waals surface area contributed by atoms with Gasteiger partial charge >= 0.3 is 0 Å². The number of piperidine rings is 1. The van der Waals surface area contributed by atoms with Gasteiger partial charge in [0.15, 0.2) is 5.65 Å². The summed E-state index contributed by atoms with van der Waals surface area (Å²) in [5, 5.41) is 0.613. The normalized spacial score (nSPS) is 17.9. The predicted molar refractivity (Wildman–Crippen MR) is 82.3 cm³/mol. The number of fused-ring (bicyclic) bond motifs is 1. The first-order valence-corrected chi connectivity index (χ1v) is 7.84. The quantitative estimate of drug-likeness (QED) is 0.816. The van der Waals surface area contributed by atoms with Crippen molar-refractivity contribution in [3.8, 4) is 0 Å². The van der Waals surface area contributed by atoms with E-state index < -0.39 is 0 Å². The summed E-state index contributed by atoms with van der Waals surface area (Å²) in [6.07, 6.45) is 4.10. The number of nitrogens with zero attached hydrogens (tertiary/aromatic N) is 4. The van der Waals surface area contributed by atoms with Crippen LogP contribution in [0.15, 0.2) is 12.3 Å². The van der Waals surface area contributed by atoms with E-state index in [1.807, 2.05) is 6.07 Å². The van der Waals surface area contributed by atoms with E-state index in [0.29, 0.717) is 16.8 Å². The van der Waals surface area contributed by atoms with E-state index >= 15 is 0 Å². The summed E-state index contributed by atoms with van der Waals surface area (Å²) < 4.78 is 2.16. The third kappa shape index (κ3) is 2.78. The third-order valence-electron chi connectivity index (χ3n) is 4.03. The molecule has 3 heterocycles. The van der Waals surface area contributed by atoms with Crippen LogP contribution in [0, 0.1) is 5.92 Å². The minimum Gasteiger partial charge on any atom is -0.311 e. The molecule has 0 atom stereocenters. The van der Waals surface area contributed by atoms with E-state index in [4.69, 9.17) is 23.2 Å². The molecule has 3 rings (SSSR count). The second-order valence-corrected chi connectivity index (χ2v) is 6.22. The molecule has 1 aliphatic heterocycles. The second-order valence-electron chi connectivity index (χ2n) is 5.52. The van der Waals surface area contributed by atoms with Crippen molar-refractivity contribution in [1.82, 2.24) is 19.4 Å². The number of aromatic nitrogens is 3. The summed E-state index contributed by atoms with van der Waals surface area (Å²) in [5.74, 6) is 1.96. The Morgan fingerprint density at radius 3 is 2.80 bits per heavy atom. The molecule has 0 spiro atoms. The molecule has 4 nitrogen and oxygen atoms in total. The molecule has 0 aromatic carbocycles. The molecule has 0 radical (unpaired) electrons. The Bertz CT molecular complexity index is 602. The average molecular weight is 313 g/mol. The van der Waals surface area contributed by atoms with Crippen LogP contribution >= 0.6 is 23.2 Å². The van der Waals surface area contributed by atoms with Crippen molar-refractivity contribution in [2.75, 3.05) is 20.1 Å². The number of pyridine rings is 1. The highest BCUT2D eigenvalue weighted by atomic mass is 35.5. The van der Waals surface area contributed by atoms with Crippen molar-refractivity contribution in [2.24, 2.45) is 5.92 Å². The standard InChI is InChI=1S/C14H18Cl2N4/c1-19-4-2-10(3-5-19)9-20-13(7-15)18-12-6-11(16)8-17-14(12)20/h6,8,10H,2-5,7,9H2,1H3. The molecule has 0 bridgehead atoms. The highest BCUT2D eigenvalue weighted by Crippen LogP contribution is 2.24. The lowest BCUT2D eigenvalue weighted by molar-refractivity contribution is 0.205. The zero-order valence-corrected chi connectivity index (χ0v) is 13.0. The Morgan fingerprint density at radius 1 is 1.35 bits per heavy atom. The Hall–Kier alpha value is -0.840. The number of likely N-dealkylation sites (tertiary alicyclic amines) is 1. The maximum atomic E-state index is 6.03. The molecule has 2 aromatic rings. The van der Waals surface area contributed by atoms with Gasteiger partial charge in [-0.3, -0.25) is 0 Å². The van der Waals surface area contributed by atoms with E-state index in [-0.39, 0.29) is 0 Å². The summed E-state index contributed by atoms with van der Waals surface area (Å²) in [4.78, 5) is 11.4. The first-order valence-electron chi connectivity index (χ1n) is 6.92. The molecule has 6 heteroatoms. The van der Waals surface area contributed by atoms with Gasteiger partial charge in [-0.1, -0.05) is 11.6 Å². The summed E-state index contributed by atoms with van der Waals surface area (Å²) in [7, 11) is 2.18. The molecule has 0 saturated carbocycles. The zero-order valence-electron chi connectivity index (χ0n) is 11.5. The smallest absolute Gasteiger partial charge is 0.160 e. The minimum atomic E-state index is 0.403. The minimum absolute atomic E-state index is 0.403. The predicted octanol–water partition coefficient (Wildman–Crippen LogP) is 3.17. The van der Waals surface area contributed by atoms with E-state index in [1.165, 1.54) is 12.8 Å². The lowest BCUT2D eigenvalue weighted by Gasteiger charge is -2.29.